The predicted molar refractivity (Wildman–Crippen MR) is 126 cm³/mol. The van der Waals surface area contributed by atoms with E-state index in [1.54, 1.807) is 13.8 Å². The van der Waals surface area contributed by atoms with E-state index in [4.69, 9.17) is 5.11 Å². The molecule has 0 spiro atoms. The molecule has 0 saturated heterocycles. The molecule has 34 heavy (non-hydrogen) atoms. The number of aromatic amines is 1. The van der Waals surface area contributed by atoms with Gasteiger partial charge in [-0.1, -0.05) is 62.4 Å². The Morgan fingerprint density at radius 3 is 2.26 bits per heavy atom. The topological polar surface area (TPSA) is 132 Å². The first-order valence-corrected chi connectivity index (χ1v) is 11.0. The van der Waals surface area contributed by atoms with Gasteiger partial charge in [-0.3, -0.25) is 14.4 Å². The fraction of sp³-hybridized carbons (Fsp3) is 0.320. The number of aromatic nitrogens is 1. The molecule has 3 rings (SSSR count). The Morgan fingerprint density at radius 2 is 1.65 bits per heavy atom. The molecule has 2 unspecified atom stereocenters. The first kappa shape index (κ1) is 24.9. The van der Waals surface area contributed by atoms with Crippen LogP contribution in [0.15, 0.2) is 54.6 Å². The Balaban J connectivity index is 1.91. The van der Waals surface area contributed by atoms with Crippen molar-refractivity contribution >= 4 is 28.7 Å². The highest BCUT2D eigenvalue weighted by atomic mass is 19.1. The molecule has 1 heterocycles. The molecule has 0 saturated carbocycles. The van der Waals surface area contributed by atoms with Crippen LogP contribution in [0.5, 0.6) is 0 Å². The van der Waals surface area contributed by atoms with Crippen molar-refractivity contribution in [3.05, 3.63) is 60.3 Å². The number of carboxylic acids is 1. The van der Waals surface area contributed by atoms with Crippen molar-refractivity contribution in [1.29, 1.82) is 0 Å². The number of hydrogen-bond acceptors (Lipinski definition) is 4. The SMILES string of the molecule is CC(C)[C@H](NC(=O)c1[nH]c2ccccc2c1-c1ccccc1)C(=O)NC(CC(=O)O)C(O)CF. The Morgan fingerprint density at radius 1 is 1.00 bits per heavy atom. The normalized spacial score (nSPS) is 13.9. The summed E-state index contributed by atoms with van der Waals surface area (Å²) in [6.45, 7) is 2.21. The molecule has 0 radical (unpaired) electrons. The number of rotatable bonds is 10. The summed E-state index contributed by atoms with van der Waals surface area (Å²) in [6, 6.07) is 14.4. The monoisotopic (exact) mass is 469 g/mol. The standard InChI is InChI=1S/C25H28FN3O5/c1-14(2)22(24(33)28-18(12-20(31)32)19(30)13-26)29-25(34)23-21(15-8-4-3-5-9-15)16-10-6-7-11-17(16)27-23/h3-11,14,18-19,22,27,30H,12-13H2,1-2H3,(H,28,33)(H,29,34)(H,31,32)/t18?,19?,22-/m0/s1. The highest BCUT2D eigenvalue weighted by molar-refractivity contribution is 6.10. The summed E-state index contributed by atoms with van der Waals surface area (Å²) in [6.07, 6.45) is -2.34. The molecule has 3 atom stereocenters. The molecule has 3 aromatic rings. The number of hydrogen-bond donors (Lipinski definition) is 5. The third kappa shape index (κ3) is 5.60. The summed E-state index contributed by atoms with van der Waals surface area (Å²) < 4.78 is 13.0. The van der Waals surface area contributed by atoms with Gasteiger partial charge in [0.15, 0.2) is 0 Å². The predicted octanol–water partition coefficient (Wildman–Crippen LogP) is 2.88. The number of nitrogens with one attached hydrogen (secondary N) is 3. The van der Waals surface area contributed by atoms with Gasteiger partial charge >= 0.3 is 5.97 Å². The molecule has 2 aromatic carbocycles. The van der Waals surface area contributed by atoms with Crippen LogP contribution < -0.4 is 10.6 Å². The van der Waals surface area contributed by atoms with Crippen molar-refractivity contribution in [3.63, 3.8) is 0 Å². The lowest BCUT2D eigenvalue weighted by molar-refractivity contribution is -0.139. The molecule has 0 aliphatic rings. The van der Waals surface area contributed by atoms with Crippen molar-refractivity contribution in [3.8, 4) is 11.1 Å². The van der Waals surface area contributed by atoms with Crippen LogP contribution in [0.3, 0.4) is 0 Å². The molecule has 9 heteroatoms. The van der Waals surface area contributed by atoms with E-state index >= 15 is 0 Å². The summed E-state index contributed by atoms with van der Waals surface area (Å²) in [7, 11) is 0. The number of H-pyrrole nitrogens is 1. The van der Waals surface area contributed by atoms with Crippen LogP contribution in [-0.2, 0) is 9.59 Å². The molecule has 8 nitrogen and oxygen atoms in total. The van der Waals surface area contributed by atoms with Crippen LogP contribution in [0.1, 0.15) is 30.8 Å². The zero-order chi connectivity index (χ0) is 24.8. The second-order valence-electron chi connectivity index (χ2n) is 8.42. The number of halogens is 1. The maximum absolute atomic E-state index is 13.4. The van der Waals surface area contributed by atoms with E-state index in [1.165, 1.54) is 0 Å². The third-order valence-electron chi connectivity index (χ3n) is 5.58. The minimum absolute atomic E-state index is 0.275. The summed E-state index contributed by atoms with van der Waals surface area (Å²) in [4.78, 5) is 40.5. The van der Waals surface area contributed by atoms with Gasteiger partial charge in [0.25, 0.3) is 5.91 Å². The van der Waals surface area contributed by atoms with E-state index in [0.717, 1.165) is 16.5 Å². The van der Waals surface area contributed by atoms with Crippen LogP contribution in [0.2, 0.25) is 0 Å². The minimum Gasteiger partial charge on any atom is -0.481 e. The van der Waals surface area contributed by atoms with Gasteiger partial charge < -0.3 is 25.8 Å². The summed E-state index contributed by atoms with van der Waals surface area (Å²) in [5.74, 6) is -2.90. The lowest BCUT2D eigenvalue weighted by Gasteiger charge is -2.26. The number of benzene rings is 2. The molecular weight excluding hydrogens is 441 g/mol. The van der Waals surface area contributed by atoms with Crippen LogP contribution >= 0.6 is 0 Å². The quantitative estimate of drug-likeness (QED) is 0.312. The number of carbonyl (C=O) groups is 3. The Kier molecular flexibility index (Phi) is 8.01. The summed E-state index contributed by atoms with van der Waals surface area (Å²) in [5.41, 5.74) is 2.54. The van der Waals surface area contributed by atoms with Gasteiger partial charge in [-0.15, -0.1) is 0 Å². The maximum atomic E-state index is 13.4. The van der Waals surface area contributed by atoms with Gasteiger partial charge in [0.2, 0.25) is 5.91 Å². The second-order valence-corrected chi connectivity index (χ2v) is 8.42. The first-order valence-electron chi connectivity index (χ1n) is 11.0. The van der Waals surface area contributed by atoms with Crippen molar-refractivity contribution in [2.24, 2.45) is 5.92 Å². The number of carboxylic acid groups (broad SMARTS) is 1. The van der Waals surface area contributed by atoms with E-state index in [-0.39, 0.29) is 11.6 Å². The van der Waals surface area contributed by atoms with E-state index in [2.05, 4.69) is 15.6 Å². The van der Waals surface area contributed by atoms with Gasteiger partial charge in [-0.2, -0.15) is 0 Å². The molecule has 0 bridgehead atoms. The fourth-order valence-electron chi connectivity index (χ4n) is 3.82. The van der Waals surface area contributed by atoms with Gasteiger partial charge in [-0.25, -0.2) is 4.39 Å². The zero-order valence-electron chi connectivity index (χ0n) is 18.9. The zero-order valence-corrected chi connectivity index (χ0v) is 18.9. The minimum atomic E-state index is -1.68. The number of aliphatic hydroxyl groups excluding tert-OH is 1. The van der Waals surface area contributed by atoms with Gasteiger partial charge in [-0.05, 0) is 17.5 Å². The van der Waals surface area contributed by atoms with Gasteiger partial charge in [0, 0.05) is 16.5 Å². The van der Waals surface area contributed by atoms with E-state index < -0.39 is 49.1 Å². The van der Waals surface area contributed by atoms with Gasteiger partial charge in [0.05, 0.1) is 12.5 Å². The lowest BCUT2D eigenvalue weighted by Crippen LogP contribution is -2.55. The number of fused-ring (bicyclic) bond motifs is 1. The van der Waals surface area contributed by atoms with E-state index in [1.807, 2.05) is 54.6 Å². The molecule has 0 aliphatic heterocycles. The number of carbonyl (C=O) groups excluding carboxylic acids is 2. The Labute approximate surface area is 196 Å². The third-order valence-corrected chi connectivity index (χ3v) is 5.58. The lowest BCUT2D eigenvalue weighted by atomic mass is 9.99. The molecule has 0 fully saturated rings. The highest BCUT2D eigenvalue weighted by Crippen LogP contribution is 2.32. The number of alkyl halides is 1. The van der Waals surface area contributed by atoms with Crippen LogP contribution in [-0.4, -0.2) is 57.8 Å². The van der Waals surface area contributed by atoms with Crippen molar-refractivity contribution in [2.75, 3.05) is 6.67 Å². The molecule has 0 aliphatic carbocycles. The smallest absolute Gasteiger partial charge is 0.305 e. The number of aliphatic hydroxyl groups is 1. The van der Waals surface area contributed by atoms with Crippen LogP contribution in [0.4, 0.5) is 4.39 Å². The highest BCUT2D eigenvalue weighted by Gasteiger charge is 2.31. The second kappa shape index (κ2) is 10.9. The maximum Gasteiger partial charge on any atom is 0.305 e. The molecule has 1 aromatic heterocycles. The van der Waals surface area contributed by atoms with E-state index in [0.29, 0.717) is 5.56 Å². The Bertz CT molecular complexity index is 1160. The summed E-state index contributed by atoms with van der Waals surface area (Å²) >= 11 is 0. The average molecular weight is 470 g/mol. The van der Waals surface area contributed by atoms with Crippen LogP contribution in [0, 0.1) is 5.92 Å². The average Bonchev–Trinajstić information content (AvgIpc) is 3.21. The number of amides is 2. The summed E-state index contributed by atoms with van der Waals surface area (Å²) in [5, 5.41) is 24.8. The molecule has 5 N–H and O–H groups in total. The first-order chi connectivity index (χ1) is 16.2. The van der Waals surface area contributed by atoms with Crippen molar-refractivity contribution in [2.45, 2.75) is 38.5 Å². The van der Waals surface area contributed by atoms with Gasteiger partial charge in [0.1, 0.15) is 24.5 Å². The largest absolute Gasteiger partial charge is 0.481 e. The van der Waals surface area contributed by atoms with E-state index in [9.17, 15) is 23.9 Å². The Hall–Kier alpha value is -3.72. The molecular formula is C25H28FN3O5. The van der Waals surface area contributed by atoms with Crippen molar-refractivity contribution < 1.29 is 29.0 Å². The molecule has 180 valence electrons. The molecule has 2 amide bonds. The number of para-hydroxylation sites is 1. The number of aliphatic carboxylic acids is 1. The fourth-order valence-corrected chi connectivity index (χ4v) is 3.82. The van der Waals surface area contributed by atoms with Crippen molar-refractivity contribution in [1.82, 2.24) is 15.6 Å². The van der Waals surface area contributed by atoms with Crippen LogP contribution in [0.25, 0.3) is 22.0 Å².